The second-order valence-electron chi connectivity index (χ2n) is 4.78. The summed E-state index contributed by atoms with van der Waals surface area (Å²) in [5.74, 6) is 5.54. The normalized spacial score (nSPS) is 27.2. The molecule has 0 amide bonds. The van der Waals surface area contributed by atoms with Crippen molar-refractivity contribution in [1.29, 1.82) is 0 Å². The van der Waals surface area contributed by atoms with Crippen LogP contribution in [0.3, 0.4) is 0 Å². The van der Waals surface area contributed by atoms with Crippen molar-refractivity contribution in [3.05, 3.63) is 0 Å². The molecule has 102 valence electrons. The number of ether oxygens (including phenoxy) is 1. The van der Waals surface area contributed by atoms with E-state index < -0.39 is 5.60 Å². The minimum Gasteiger partial charge on any atom is -0.466 e. The number of esters is 1. The molecule has 0 aromatic carbocycles. The van der Waals surface area contributed by atoms with E-state index in [4.69, 9.17) is 4.74 Å². The van der Waals surface area contributed by atoms with Gasteiger partial charge in [-0.25, -0.2) is 0 Å². The van der Waals surface area contributed by atoms with Crippen molar-refractivity contribution in [2.45, 2.75) is 45.1 Å². The SMILES string of the molecule is CC#CCNCC1(O)CCC(C(=O)OCC)CC1. The van der Waals surface area contributed by atoms with Crippen LogP contribution < -0.4 is 5.32 Å². The summed E-state index contributed by atoms with van der Waals surface area (Å²) in [6.45, 7) is 5.17. The van der Waals surface area contributed by atoms with Crippen molar-refractivity contribution in [3.8, 4) is 11.8 Å². The quantitative estimate of drug-likeness (QED) is 0.437. The van der Waals surface area contributed by atoms with E-state index >= 15 is 0 Å². The number of hydrogen-bond acceptors (Lipinski definition) is 4. The summed E-state index contributed by atoms with van der Waals surface area (Å²) in [7, 11) is 0. The zero-order valence-corrected chi connectivity index (χ0v) is 11.3. The highest BCUT2D eigenvalue weighted by atomic mass is 16.5. The molecule has 0 saturated heterocycles. The van der Waals surface area contributed by atoms with Crippen molar-refractivity contribution in [2.75, 3.05) is 19.7 Å². The molecular formula is C14H23NO3. The maximum Gasteiger partial charge on any atom is 0.308 e. The largest absolute Gasteiger partial charge is 0.466 e. The van der Waals surface area contributed by atoms with Gasteiger partial charge >= 0.3 is 5.97 Å². The Bertz CT molecular complexity index is 322. The van der Waals surface area contributed by atoms with Gasteiger partial charge in [-0.15, -0.1) is 5.92 Å². The molecule has 4 heteroatoms. The molecule has 1 aliphatic rings. The molecule has 0 aliphatic heterocycles. The number of carbonyl (C=O) groups excluding carboxylic acids is 1. The molecule has 0 unspecified atom stereocenters. The highest BCUT2D eigenvalue weighted by Gasteiger charge is 2.35. The third-order valence-corrected chi connectivity index (χ3v) is 3.38. The van der Waals surface area contributed by atoms with Gasteiger partial charge in [-0.3, -0.25) is 4.79 Å². The molecule has 0 aromatic rings. The van der Waals surface area contributed by atoms with E-state index in [0.29, 0.717) is 45.4 Å². The van der Waals surface area contributed by atoms with Crippen molar-refractivity contribution in [2.24, 2.45) is 5.92 Å². The highest BCUT2D eigenvalue weighted by molar-refractivity contribution is 5.72. The average Bonchev–Trinajstić information content (AvgIpc) is 2.36. The van der Waals surface area contributed by atoms with Crippen LogP contribution in [0.4, 0.5) is 0 Å². The smallest absolute Gasteiger partial charge is 0.308 e. The molecule has 1 rings (SSSR count). The number of carbonyl (C=O) groups is 1. The average molecular weight is 253 g/mol. The van der Waals surface area contributed by atoms with Crippen LogP contribution in [-0.2, 0) is 9.53 Å². The van der Waals surface area contributed by atoms with Crippen LogP contribution in [0.1, 0.15) is 39.5 Å². The lowest BCUT2D eigenvalue weighted by Gasteiger charge is -2.35. The van der Waals surface area contributed by atoms with Gasteiger partial charge in [0.2, 0.25) is 0 Å². The number of hydrogen-bond donors (Lipinski definition) is 2. The van der Waals surface area contributed by atoms with Crippen LogP contribution in [0.2, 0.25) is 0 Å². The summed E-state index contributed by atoms with van der Waals surface area (Å²) in [5.41, 5.74) is -0.696. The molecule has 4 nitrogen and oxygen atoms in total. The summed E-state index contributed by atoms with van der Waals surface area (Å²) < 4.78 is 5.01. The van der Waals surface area contributed by atoms with Gasteiger partial charge in [0.05, 0.1) is 24.7 Å². The molecule has 0 atom stereocenters. The van der Waals surface area contributed by atoms with Crippen molar-refractivity contribution < 1.29 is 14.6 Å². The van der Waals surface area contributed by atoms with Crippen LogP contribution in [0.15, 0.2) is 0 Å². The van der Waals surface area contributed by atoms with E-state index in [1.807, 2.05) is 6.92 Å². The van der Waals surface area contributed by atoms with Crippen LogP contribution in [-0.4, -0.2) is 36.4 Å². The molecule has 18 heavy (non-hydrogen) atoms. The fourth-order valence-electron chi connectivity index (χ4n) is 2.27. The molecule has 1 fully saturated rings. The predicted octanol–water partition coefficient (Wildman–Crippen LogP) is 1.08. The summed E-state index contributed by atoms with van der Waals surface area (Å²) in [4.78, 5) is 11.6. The fraction of sp³-hybridized carbons (Fsp3) is 0.786. The Morgan fingerprint density at radius 2 is 2.17 bits per heavy atom. The maximum atomic E-state index is 11.6. The minimum atomic E-state index is -0.696. The van der Waals surface area contributed by atoms with Gasteiger partial charge in [0.25, 0.3) is 0 Å². The van der Waals surface area contributed by atoms with E-state index in [1.54, 1.807) is 6.92 Å². The Hall–Kier alpha value is -1.05. The first-order valence-electron chi connectivity index (χ1n) is 6.60. The lowest BCUT2D eigenvalue weighted by molar-refractivity contribution is -0.151. The highest BCUT2D eigenvalue weighted by Crippen LogP contribution is 2.32. The van der Waals surface area contributed by atoms with E-state index in [9.17, 15) is 9.90 Å². The summed E-state index contributed by atoms with van der Waals surface area (Å²) in [6.07, 6.45) is 2.69. The molecular weight excluding hydrogens is 230 g/mol. The molecule has 1 saturated carbocycles. The van der Waals surface area contributed by atoms with Gasteiger partial charge in [0, 0.05) is 6.54 Å². The molecule has 0 bridgehead atoms. The summed E-state index contributed by atoms with van der Waals surface area (Å²) in [6, 6.07) is 0. The van der Waals surface area contributed by atoms with Crippen molar-refractivity contribution in [1.82, 2.24) is 5.32 Å². The van der Waals surface area contributed by atoms with Crippen LogP contribution in [0.5, 0.6) is 0 Å². The van der Waals surface area contributed by atoms with Gasteiger partial charge in [0.15, 0.2) is 0 Å². The molecule has 0 spiro atoms. The Morgan fingerprint density at radius 1 is 1.50 bits per heavy atom. The van der Waals surface area contributed by atoms with E-state index in [-0.39, 0.29) is 11.9 Å². The molecule has 0 aromatic heterocycles. The van der Waals surface area contributed by atoms with E-state index in [2.05, 4.69) is 17.2 Å². The fourth-order valence-corrected chi connectivity index (χ4v) is 2.27. The topological polar surface area (TPSA) is 58.6 Å². The maximum absolute atomic E-state index is 11.6. The van der Waals surface area contributed by atoms with Gasteiger partial charge in [0.1, 0.15) is 0 Å². The van der Waals surface area contributed by atoms with Crippen LogP contribution >= 0.6 is 0 Å². The summed E-state index contributed by atoms with van der Waals surface area (Å²) in [5, 5.41) is 13.5. The van der Waals surface area contributed by atoms with Crippen molar-refractivity contribution in [3.63, 3.8) is 0 Å². The standard InChI is InChI=1S/C14H23NO3/c1-3-5-10-15-11-14(17)8-6-12(7-9-14)13(16)18-4-2/h12,15,17H,4,6-11H2,1-2H3. The molecule has 0 radical (unpaired) electrons. The first-order valence-corrected chi connectivity index (χ1v) is 6.60. The monoisotopic (exact) mass is 253 g/mol. The Labute approximate surface area is 109 Å². The second-order valence-corrected chi connectivity index (χ2v) is 4.78. The first kappa shape index (κ1) is 15.0. The molecule has 2 N–H and O–H groups in total. The summed E-state index contributed by atoms with van der Waals surface area (Å²) >= 11 is 0. The van der Waals surface area contributed by atoms with Gasteiger partial charge < -0.3 is 15.2 Å². The van der Waals surface area contributed by atoms with E-state index in [0.717, 1.165) is 0 Å². The van der Waals surface area contributed by atoms with Gasteiger partial charge in [-0.05, 0) is 39.5 Å². The lowest BCUT2D eigenvalue weighted by atomic mass is 9.79. The first-order chi connectivity index (χ1) is 8.61. The molecule has 1 aliphatic carbocycles. The third-order valence-electron chi connectivity index (χ3n) is 3.38. The minimum absolute atomic E-state index is 0.0411. The second kappa shape index (κ2) is 7.40. The Morgan fingerprint density at radius 3 is 2.72 bits per heavy atom. The van der Waals surface area contributed by atoms with Gasteiger partial charge in [-0.2, -0.15) is 0 Å². The number of aliphatic hydroxyl groups is 1. The third kappa shape index (κ3) is 4.67. The molecule has 0 heterocycles. The lowest BCUT2D eigenvalue weighted by Crippen LogP contribution is -2.44. The Balaban J connectivity index is 2.31. The predicted molar refractivity (Wildman–Crippen MR) is 69.9 cm³/mol. The Kier molecular flexibility index (Phi) is 6.17. The number of nitrogens with one attached hydrogen (secondary N) is 1. The zero-order chi connectivity index (χ0) is 13.4. The number of rotatable bonds is 5. The van der Waals surface area contributed by atoms with E-state index in [1.165, 1.54) is 0 Å². The zero-order valence-electron chi connectivity index (χ0n) is 11.3. The van der Waals surface area contributed by atoms with Crippen LogP contribution in [0.25, 0.3) is 0 Å². The van der Waals surface area contributed by atoms with Crippen molar-refractivity contribution >= 4 is 5.97 Å². The van der Waals surface area contributed by atoms with Gasteiger partial charge in [-0.1, -0.05) is 5.92 Å². The van der Waals surface area contributed by atoms with Crippen LogP contribution in [0, 0.1) is 17.8 Å².